The SMILES string of the molecule is O=S(=O)(Oc1cc(Cl)cc(Cl)c1)c1cc(S(=O)(=O)c2ccccc2)cs1. The third-order valence-electron chi connectivity index (χ3n) is 3.20. The summed E-state index contributed by atoms with van der Waals surface area (Å²) >= 11 is 12.4. The number of hydrogen-bond donors (Lipinski definition) is 0. The van der Waals surface area contributed by atoms with E-state index in [9.17, 15) is 16.8 Å². The molecule has 1 heterocycles. The van der Waals surface area contributed by atoms with Crippen LogP contribution in [0, 0.1) is 0 Å². The highest BCUT2D eigenvalue weighted by atomic mass is 35.5. The molecule has 0 saturated carbocycles. The molecule has 2 aromatic carbocycles. The lowest BCUT2D eigenvalue weighted by atomic mass is 10.3. The molecule has 0 saturated heterocycles. The highest BCUT2D eigenvalue weighted by Crippen LogP contribution is 2.31. The van der Waals surface area contributed by atoms with Gasteiger partial charge >= 0.3 is 10.1 Å². The van der Waals surface area contributed by atoms with Gasteiger partial charge in [0.25, 0.3) is 0 Å². The van der Waals surface area contributed by atoms with Crippen LogP contribution >= 0.6 is 34.5 Å². The molecule has 0 radical (unpaired) electrons. The molecule has 0 atom stereocenters. The van der Waals surface area contributed by atoms with Crippen LogP contribution in [0.2, 0.25) is 10.0 Å². The van der Waals surface area contributed by atoms with Crippen molar-refractivity contribution in [1.82, 2.24) is 0 Å². The maximum Gasteiger partial charge on any atom is 0.348 e. The first-order valence-electron chi connectivity index (χ1n) is 6.98. The molecule has 5 nitrogen and oxygen atoms in total. The molecule has 0 N–H and O–H groups in total. The number of sulfone groups is 1. The molecule has 0 bridgehead atoms. The van der Waals surface area contributed by atoms with E-state index in [-0.39, 0.29) is 29.8 Å². The predicted molar refractivity (Wildman–Crippen MR) is 100 cm³/mol. The lowest BCUT2D eigenvalue weighted by Gasteiger charge is -2.06. The minimum atomic E-state index is -4.23. The molecule has 0 unspecified atom stereocenters. The zero-order valence-electron chi connectivity index (χ0n) is 12.8. The largest absolute Gasteiger partial charge is 0.378 e. The molecular formula is C16H10Cl2O5S3. The van der Waals surface area contributed by atoms with Crippen molar-refractivity contribution in [1.29, 1.82) is 0 Å². The van der Waals surface area contributed by atoms with Gasteiger partial charge in [0.1, 0.15) is 5.75 Å². The number of rotatable bonds is 5. The van der Waals surface area contributed by atoms with Gasteiger partial charge in [0.05, 0.1) is 9.79 Å². The Morgan fingerprint density at radius 2 is 1.42 bits per heavy atom. The molecule has 10 heteroatoms. The molecule has 3 rings (SSSR count). The van der Waals surface area contributed by atoms with Crippen molar-refractivity contribution in [3.63, 3.8) is 0 Å². The predicted octanol–water partition coefficient (Wildman–Crippen LogP) is 4.66. The van der Waals surface area contributed by atoms with Crippen molar-refractivity contribution in [2.24, 2.45) is 0 Å². The fourth-order valence-electron chi connectivity index (χ4n) is 2.05. The van der Waals surface area contributed by atoms with Crippen molar-refractivity contribution in [2.75, 3.05) is 0 Å². The topological polar surface area (TPSA) is 77.5 Å². The Morgan fingerprint density at radius 3 is 2.04 bits per heavy atom. The van der Waals surface area contributed by atoms with Crippen molar-refractivity contribution in [3.8, 4) is 5.75 Å². The molecule has 1 aromatic heterocycles. The molecule has 26 heavy (non-hydrogen) atoms. The number of benzene rings is 2. The first-order valence-corrected chi connectivity index (χ1v) is 11.5. The van der Waals surface area contributed by atoms with E-state index in [2.05, 4.69) is 0 Å². The second kappa shape index (κ2) is 7.21. The van der Waals surface area contributed by atoms with Crippen LogP contribution in [-0.2, 0) is 20.0 Å². The van der Waals surface area contributed by atoms with Crippen LogP contribution < -0.4 is 4.18 Å². The van der Waals surface area contributed by atoms with Gasteiger partial charge in [0, 0.05) is 27.6 Å². The molecule has 3 aromatic rings. The molecule has 0 spiro atoms. The zero-order valence-corrected chi connectivity index (χ0v) is 16.8. The van der Waals surface area contributed by atoms with Crippen LogP contribution in [0.15, 0.2) is 74.0 Å². The number of halogens is 2. The number of thiophene rings is 1. The Balaban J connectivity index is 1.94. The van der Waals surface area contributed by atoms with Gasteiger partial charge in [0.2, 0.25) is 9.84 Å². The molecule has 0 aliphatic heterocycles. The monoisotopic (exact) mass is 448 g/mol. The lowest BCUT2D eigenvalue weighted by Crippen LogP contribution is -2.08. The smallest absolute Gasteiger partial charge is 0.348 e. The Morgan fingerprint density at radius 1 is 0.808 bits per heavy atom. The maximum atomic E-state index is 12.6. The van der Waals surface area contributed by atoms with Crippen molar-refractivity contribution < 1.29 is 21.0 Å². The third kappa shape index (κ3) is 4.05. The quantitative estimate of drug-likeness (QED) is 0.530. The molecular weight excluding hydrogens is 439 g/mol. The third-order valence-corrected chi connectivity index (χ3v) is 8.18. The Hall–Kier alpha value is -1.58. The first-order chi connectivity index (χ1) is 12.2. The fourth-order valence-corrected chi connectivity index (χ4v) is 6.34. The standard InChI is InChI=1S/C16H10Cl2O5S3/c17-11-6-12(18)8-13(7-11)23-26(21,22)16-9-15(10-24-16)25(19,20)14-4-2-1-3-5-14/h1-10H. The van der Waals surface area contributed by atoms with E-state index in [1.54, 1.807) is 18.2 Å². The minimum absolute atomic E-state index is 0.0663. The van der Waals surface area contributed by atoms with Gasteiger partial charge in [-0.15, -0.1) is 11.3 Å². The average molecular weight is 449 g/mol. The summed E-state index contributed by atoms with van der Waals surface area (Å²) in [5.41, 5.74) is 0. The second-order valence-corrected chi connectivity index (χ2v) is 10.6. The summed E-state index contributed by atoms with van der Waals surface area (Å²) in [6, 6.07) is 12.8. The van der Waals surface area contributed by atoms with E-state index in [0.717, 1.165) is 17.4 Å². The molecule has 0 amide bonds. The Labute approximate surface area is 164 Å². The normalized spacial score (nSPS) is 12.1. The lowest BCUT2D eigenvalue weighted by molar-refractivity contribution is 0.488. The van der Waals surface area contributed by atoms with E-state index < -0.39 is 20.0 Å². The summed E-state index contributed by atoms with van der Waals surface area (Å²) in [5.74, 6) is -0.0663. The van der Waals surface area contributed by atoms with Crippen LogP contribution in [-0.4, -0.2) is 16.8 Å². The van der Waals surface area contributed by atoms with Gasteiger partial charge < -0.3 is 4.18 Å². The van der Waals surface area contributed by atoms with Gasteiger partial charge in [-0.3, -0.25) is 0 Å². The second-order valence-electron chi connectivity index (χ2n) is 5.06. The maximum absolute atomic E-state index is 12.6. The van der Waals surface area contributed by atoms with Gasteiger partial charge in [0.15, 0.2) is 4.21 Å². The van der Waals surface area contributed by atoms with Crippen molar-refractivity contribution in [3.05, 3.63) is 70.0 Å². The van der Waals surface area contributed by atoms with Crippen LogP contribution in [0.1, 0.15) is 0 Å². The summed E-state index contributed by atoms with van der Waals surface area (Å²) < 4.78 is 54.7. The van der Waals surface area contributed by atoms with Gasteiger partial charge in [-0.1, -0.05) is 41.4 Å². The van der Waals surface area contributed by atoms with Gasteiger partial charge in [-0.2, -0.15) is 8.42 Å². The highest BCUT2D eigenvalue weighted by Gasteiger charge is 2.25. The van der Waals surface area contributed by atoms with Crippen LogP contribution in [0.4, 0.5) is 0 Å². The van der Waals surface area contributed by atoms with Crippen LogP contribution in [0.5, 0.6) is 5.75 Å². The summed E-state index contributed by atoms with van der Waals surface area (Å²) in [4.78, 5) is -0.0516. The summed E-state index contributed by atoms with van der Waals surface area (Å²) in [6.45, 7) is 0. The van der Waals surface area contributed by atoms with Gasteiger partial charge in [-0.05, 0) is 24.3 Å². The summed E-state index contributed by atoms with van der Waals surface area (Å²) in [7, 11) is -8.05. The average Bonchev–Trinajstić information content (AvgIpc) is 3.06. The Kier molecular flexibility index (Phi) is 5.32. The van der Waals surface area contributed by atoms with Crippen LogP contribution in [0.3, 0.4) is 0 Å². The molecule has 0 aliphatic rings. The first kappa shape index (κ1) is 19.2. The Bertz CT molecular complexity index is 1130. The highest BCUT2D eigenvalue weighted by molar-refractivity contribution is 7.92. The van der Waals surface area contributed by atoms with E-state index in [0.29, 0.717) is 0 Å². The molecule has 136 valence electrons. The molecule has 0 fully saturated rings. The number of hydrogen-bond acceptors (Lipinski definition) is 6. The van der Waals surface area contributed by atoms with Gasteiger partial charge in [-0.25, -0.2) is 8.42 Å². The molecule has 0 aliphatic carbocycles. The summed E-state index contributed by atoms with van der Waals surface area (Å²) in [6.07, 6.45) is 0. The van der Waals surface area contributed by atoms with Crippen molar-refractivity contribution >= 4 is 54.5 Å². The van der Waals surface area contributed by atoms with E-state index >= 15 is 0 Å². The minimum Gasteiger partial charge on any atom is -0.378 e. The fraction of sp³-hybridized carbons (Fsp3) is 0. The van der Waals surface area contributed by atoms with E-state index in [4.69, 9.17) is 27.4 Å². The van der Waals surface area contributed by atoms with Crippen LogP contribution in [0.25, 0.3) is 0 Å². The van der Waals surface area contributed by atoms with E-state index in [1.807, 2.05) is 0 Å². The zero-order chi connectivity index (χ0) is 18.9. The van der Waals surface area contributed by atoms with E-state index in [1.165, 1.54) is 35.7 Å². The summed E-state index contributed by atoms with van der Waals surface area (Å²) in [5, 5.41) is 1.67. The van der Waals surface area contributed by atoms with Crippen molar-refractivity contribution in [2.45, 2.75) is 14.0 Å².